The van der Waals surface area contributed by atoms with Gasteiger partial charge in [-0.25, -0.2) is 13.1 Å². The Hall–Kier alpha value is -1.28. The largest absolute Gasteiger partial charge is 0.396 e. The predicted molar refractivity (Wildman–Crippen MR) is 78.1 cm³/mol. The van der Waals surface area contributed by atoms with Crippen LogP contribution in [0.1, 0.15) is 16.0 Å². The van der Waals surface area contributed by atoms with Gasteiger partial charge in [-0.05, 0) is 36.2 Å². The van der Waals surface area contributed by atoms with Crippen molar-refractivity contribution in [1.29, 1.82) is 0 Å². The Balaban J connectivity index is 2.09. The van der Waals surface area contributed by atoms with Crippen molar-refractivity contribution >= 4 is 21.4 Å². The highest BCUT2D eigenvalue weighted by atomic mass is 32.2. The Morgan fingerprint density at radius 3 is 2.85 bits per heavy atom. The highest BCUT2D eigenvalue weighted by molar-refractivity contribution is 7.91. The smallest absolute Gasteiger partial charge is 0.250 e. The summed E-state index contributed by atoms with van der Waals surface area (Å²) in [6.45, 7) is 2.15. The zero-order chi connectivity index (χ0) is 14.6. The van der Waals surface area contributed by atoms with Crippen molar-refractivity contribution in [2.24, 2.45) is 0 Å². The van der Waals surface area contributed by atoms with Crippen molar-refractivity contribution < 1.29 is 13.5 Å². The van der Waals surface area contributed by atoms with Crippen molar-refractivity contribution in [3.63, 3.8) is 0 Å². The van der Waals surface area contributed by atoms with E-state index < -0.39 is 10.0 Å². The van der Waals surface area contributed by atoms with Crippen LogP contribution in [-0.4, -0.2) is 25.1 Å². The van der Waals surface area contributed by atoms with Gasteiger partial charge in [-0.3, -0.25) is 4.98 Å². The molecular weight excluding hydrogens is 296 g/mol. The van der Waals surface area contributed by atoms with Gasteiger partial charge in [0.15, 0.2) is 0 Å². The number of hydrogen-bond acceptors (Lipinski definition) is 5. The fourth-order valence-electron chi connectivity index (χ4n) is 1.69. The van der Waals surface area contributed by atoms with Crippen LogP contribution in [0.15, 0.2) is 34.8 Å². The summed E-state index contributed by atoms with van der Waals surface area (Å²) in [5, 5.41) is 8.85. The van der Waals surface area contributed by atoms with Gasteiger partial charge < -0.3 is 5.11 Å². The fraction of sp³-hybridized carbons (Fsp3) is 0.308. The van der Waals surface area contributed by atoms with Gasteiger partial charge in [0.2, 0.25) is 10.0 Å². The van der Waals surface area contributed by atoms with E-state index in [2.05, 4.69) is 9.71 Å². The lowest BCUT2D eigenvalue weighted by molar-refractivity contribution is 0.300. The number of nitrogens with zero attached hydrogens (tertiary/aromatic N) is 1. The Morgan fingerprint density at radius 1 is 1.35 bits per heavy atom. The Kier molecular flexibility index (Phi) is 4.87. The lowest BCUT2D eigenvalue weighted by Gasteiger charge is -2.07. The number of nitrogens with one attached hydrogen (secondary N) is 1. The zero-order valence-corrected chi connectivity index (χ0v) is 12.7. The van der Waals surface area contributed by atoms with E-state index in [0.717, 1.165) is 16.0 Å². The summed E-state index contributed by atoms with van der Waals surface area (Å²) in [5.41, 5.74) is 1.85. The summed E-state index contributed by atoms with van der Waals surface area (Å²) in [6, 6.07) is 5.09. The number of aliphatic hydroxyl groups is 1. The normalized spacial score (nSPS) is 11.7. The Morgan fingerprint density at radius 2 is 2.15 bits per heavy atom. The first-order valence-corrected chi connectivity index (χ1v) is 8.41. The van der Waals surface area contributed by atoms with E-state index in [0.29, 0.717) is 6.42 Å². The quantitative estimate of drug-likeness (QED) is 0.846. The maximum absolute atomic E-state index is 12.2. The predicted octanol–water partition coefficient (Wildman–Crippen LogP) is 1.46. The van der Waals surface area contributed by atoms with Gasteiger partial charge in [-0.1, -0.05) is 0 Å². The van der Waals surface area contributed by atoms with Gasteiger partial charge in [0, 0.05) is 36.8 Å². The minimum absolute atomic E-state index is 0.0175. The van der Waals surface area contributed by atoms with Crippen LogP contribution in [-0.2, 0) is 23.0 Å². The van der Waals surface area contributed by atoms with Crippen LogP contribution in [0.2, 0.25) is 0 Å². The summed E-state index contributed by atoms with van der Waals surface area (Å²) < 4.78 is 27.2. The van der Waals surface area contributed by atoms with Crippen LogP contribution in [0, 0.1) is 6.92 Å². The first-order valence-electron chi connectivity index (χ1n) is 6.11. The number of aryl methyl sites for hydroxylation is 1. The van der Waals surface area contributed by atoms with Gasteiger partial charge >= 0.3 is 0 Å². The molecule has 0 radical (unpaired) electrons. The summed E-state index contributed by atoms with van der Waals surface area (Å²) >= 11 is 1.18. The number of thiophene rings is 1. The molecule has 0 saturated heterocycles. The van der Waals surface area contributed by atoms with Crippen LogP contribution < -0.4 is 4.72 Å². The monoisotopic (exact) mass is 312 g/mol. The molecule has 0 atom stereocenters. The first-order chi connectivity index (χ1) is 9.53. The molecule has 108 valence electrons. The van der Waals surface area contributed by atoms with Crippen LogP contribution in [0.5, 0.6) is 0 Å². The lowest BCUT2D eigenvalue weighted by atomic mass is 10.2. The molecule has 0 saturated carbocycles. The molecule has 0 spiro atoms. The Bertz CT molecular complexity index is 680. The number of aromatic nitrogens is 1. The van der Waals surface area contributed by atoms with Crippen LogP contribution in [0.4, 0.5) is 0 Å². The van der Waals surface area contributed by atoms with Gasteiger partial charge in [-0.15, -0.1) is 11.3 Å². The molecule has 0 amide bonds. The molecule has 0 aliphatic carbocycles. The maximum atomic E-state index is 12.2. The molecule has 0 fully saturated rings. The van der Waals surface area contributed by atoms with Gasteiger partial charge in [0.25, 0.3) is 0 Å². The van der Waals surface area contributed by atoms with Gasteiger partial charge in [-0.2, -0.15) is 0 Å². The molecule has 2 rings (SSSR count). The minimum Gasteiger partial charge on any atom is -0.396 e. The van der Waals surface area contributed by atoms with Crippen molar-refractivity contribution in [2.45, 2.75) is 24.1 Å². The first kappa shape index (κ1) is 15.1. The minimum atomic E-state index is -3.51. The molecule has 2 heterocycles. The highest BCUT2D eigenvalue weighted by Gasteiger charge is 2.16. The van der Waals surface area contributed by atoms with E-state index in [1.807, 2.05) is 6.92 Å². The standard InChI is InChI=1S/C13H16N2O3S2/c1-10-8-14-6-4-11(10)9-15-20(17,18)13-3-2-12(19-13)5-7-16/h2-4,6,8,15-16H,5,7,9H2,1H3. The fourth-order valence-corrected chi connectivity index (χ4v) is 4.09. The third kappa shape index (κ3) is 3.63. The molecule has 20 heavy (non-hydrogen) atoms. The maximum Gasteiger partial charge on any atom is 0.250 e. The number of hydrogen-bond donors (Lipinski definition) is 2. The molecule has 0 unspecified atom stereocenters. The average molecular weight is 312 g/mol. The molecule has 5 nitrogen and oxygen atoms in total. The number of rotatable bonds is 6. The molecule has 0 aromatic carbocycles. The third-order valence-electron chi connectivity index (χ3n) is 2.85. The summed E-state index contributed by atoms with van der Waals surface area (Å²) in [7, 11) is -3.51. The molecule has 0 aliphatic rings. The van der Waals surface area contributed by atoms with E-state index in [1.165, 1.54) is 11.3 Å². The molecular formula is C13H16N2O3S2. The SMILES string of the molecule is Cc1cnccc1CNS(=O)(=O)c1ccc(CCO)s1. The average Bonchev–Trinajstić information content (AvgIpc) is 2.88. The second-order valence-corrected chi connectivity index (χ2v) is 7.48. The second-order valence-electron chi connectivity index (χ2n) is 4.32. The molecule has 0 bridgehead atoms. The van der Waals surface area contributed by atoms with E-state index in [9.17, 15) is 8.42 Å². The summed E-state index contributed by atoms with van der Waals surface area (Å²) in [5.74, 6) is 0. The number of sulfonamides is 1. The molecule has 7 heteroatoms. The molecule has 2 aromatic heterocycles. The molecule has 0 aliphatic heterocycles. The molecule has 2 N–H and O–H groups in total. The van der Waals surface area contributed by atoms with Crippen molar-refractivity contribution in [3.8, 4) is 0 Å². The van der Waals surface area contributed by atoms with Crippen molar-refractivity contribution in [1.82, 2.24) is 9.71 Å². The number of pyridine rings is 1. The molecule has 2 aromatic rings. The zero-order valence-electron chi connectivity index (χ0n) is 11.0. The van der Waals surface area contributed by atoms with Crippen molar-refractivity contribution in [2.75, 3.05) is 6.61 Å². The van der Waals surface area contributed by atoms with Crippen LogP contribution in [0.3, 0.4) is 0 Å². The van der Waals surface area contributed by atoms with Gasteiger partial charge in [0.1, 0.15) is 4.21 Å². The lowest BCUT2D eigenvalue weighted by Crippen LogP contribution is -2.22. The van der Waals surface area contributed by atoms with E-state index in [-0.39, 0.29) is 17.4 Å². The van der Waals surface area contributed by atoms with E-state index in [1.54, 1.807) is 30.6 Å². The topological polar surface area (TPSA) is 79.3 Å². The Labute approximate surface area is 122 Å². The highest BCUT2D eigenvalue weighted by Crippen LogP contribution is 2.22. The van der Waals surface area contributed by atoms with Gasteiger partial charge in [0.05, 0.1) is 0 Å². The van der Waals surface area contributed by atoms with Crippen molar-refractivity contribution in [3.05, 3.63) is 46.6 Å². The third-order valence-corrected chi connectivity index (χ3v) is 5.89. The van der Waals surface area contributed by atoms with E-state index >= 15 is 0 Å². The van der Waals surface area contributed by atoms with Crippen LogP contribution in [0.25, 0.3) is 0 Å². The summed E-state index contributed by atoms with van der Waals surface area (Å²) in [6.07, 6.45) is 3.82. The summed E-state index contributed by atoms with van der Waals surface area (Å²) in [4.78, 5) is 4.83. The van der Waals surface area contributed by atoms with E-state index in [4.69, 9.17) is 5.11 Å². The second kappa shape index (κ2) is 6.45. The van der Waals surface area contributed by atoms with Crippen LogP contribution >= 0.6 is 11.3 Å². The number of aliphatic hydroxyl groups excluding tert-OH is 1.